The van der Waals surface area contributed by atoms with Gasteiger partial charge in [0.2, 0.25) is 0 Å². The monoisotopic (exact) mass is 328 g/mol. The molecule has 0 saturated heterocycles. The summed E-state index contributed by atoms with van der Waals surface area (Å²) < 4.78 is 18.7. The summed E-state index contributed by atoms with van der Waals surface area (Å²) in [5.41, 5.74) is 0.181. The van der Waals surface area contributed by atoms with Gasteiger partial charge in [0.05, 0.1) is 22.1 Å². The number of hydrogen-bond acceptors (Lipinski definition) is 2. The molecule has 0 fully saturated rings. The van der Waals surface area contributed by atoms with Gasteiger partial charge in [0, 0.05) is 0 Å². The molecule has 0 aliphatic rings. The van der Waals surface area contributed by atoms with Gasteiger partial charge in [-0.15, -0.1) is 11.6 Å². The molecule has 0 saturated carbocycles. The van der Waals surface area contributed by atoms with Crippen LogP contribution in [-0.4, -0.2) is 18.8 Å². The van der Waals surface area contributed by atoms with Crippen molar-refractivity contribution in [3.8, 4) is 5.75 Å². The van der Waals surface area contributed by atoms with Crippen LogP contribution in [-0.2, 0) is 0 Å². The van der Waals surface area contributed by atoms with Crippen LogP contribution in [0.3, 0.4) is 0 Å². The second kappa shape index (κ2) is 4.93. The van der Waals surface area contributed by atoms with Gasteiger partial charge in [0.1, 0.15) is 0 Å². The molecule has 1 aromatic carbocycles. The standard InChI is InChI=1S/C9H7ClFIO2/c1-14-9-5(7(13)4-10)2-3-6(12)8(9)11/h2-3H,4H2,1H3. The van der Waals surface area contributed by atoms with Crippen molar-refractivity contribution in [2.45, 2.75) is 0 Å². The van der Waals surface area contributed by atoms with Crippen LogP contribution in [0.1, 0.15) is 10.4 Å². The molecule has 0 aromatic heterocycles. The van der Waals surface area contributed by atoms with Crippen LogP contribution in [0.25, 0.3) is 0 Å². The SMILES string of the molecule is COc1c(C(=O)CCl)ccc(I)c1F. The molecular weight excluding hydrogens is 321 g/mol. The summed E-state index contributed by atoms with van der Waals surface area (Å²) in [7, 11) is 1.32. The molecule has 0 spiro atoms. The van der Waals surface area contributed by atoms with Crippen LogP contribution < -0.4 is 4.74 Å². The molecule has 0 heterocycles. The molecule has 14 heavy (non-hydrogen) atoms. The van der Waals surface area contributed by atoms with Gasteiger partial charge in [0.25, 0.3) is 0 Å². The lowest BCUT2D eigenvalue weighted by Crippen LogP contribution is -2.05. The largest absolute Gasteiger partial charge is 0.493 e. The van der Waals surface area contributed by atoms with Crippen LogP contribution in [0.2, 0.25) is 0 Å². The van der Waals surface area contributed by atoms with E-state index < -0.39 is 5.82 Å². The third-order valence-electron chi connectivity index (χ3n) is 1.68. The van der Waals surface area contributed by atoms with Gasteiger partial charge in [-0.2, -0.15) is 0 Å². The fourth-order valence-electron chi connectivity index (χ4n) is 1.02. The first-order valence-electron chi connectivity index (χ1n) is 3.73. The summed E-state index contributed by atoms with van der Waals surface area (Å²) in [6, 6.07) is 3.02. The lowest BCUT2D eigenvalue weighted by atomic mass is 10.1. The van der Waals surface area contributed by atoms with Crippen molar-refractivity contribution in [2.75, 3.05) is 13.0 Å². The topological polar surface area (TPSA) is 26.3 Å². The predicted octanol–water partition coefficient (Wildman–Crippen LogP) is 2.86. The molecule has 0 aliphatic heterocycles. The normalized spacial score (nSPS) is 10.0. The van der Waals surface area contributed by atoms with Crippen molar-refractivity contribution in [3.63, 3.8) is 0 Å². The molecule has 0 atom stereocenters. The quantitative estimate of drug-likeness (QED) is 0.484. The number of hydrogen-bond donors (Lipinski definition) is 0. The zero-order valence-corrected chi connectivity index (χ0v) is 10.2. The van der Waals surface area contributed by atoms with Crippen LogP contribution in [0.4, 0.5) is 4.39 Å². The number of ether oxygens (including phenoxy) is 1. The van der Waals surface area contributed by atoms with Gasteiger partial charge in [-0.05, 0) is 34.7 Å². The van der Waals surface area contributed by atoms with E-state index in [2.05, 4.69) is 0 Å². The van der Waals surface area contributed by atoms with E-state index in [0.717, 1.165) is 0 Å². The molecule has 0 N–H and O–H groups in total. The van der Waals surface area contributed by atoms with Gasteiger partial charge in [-0.25, -0.2) is 4.39 Å². The Morgan fingerprint density at radius 1 is 1.64 bits per heavy atom. The highest BCUT2D eigenvalue weighted by molar-refractivity contribution is 14.1. The smallest absolute Gasteiger partial charge is 0.181 e. The summed E-state index contributed by atoms with van der Waals surface area (Å²) in [6.07, 6.45) is 0. The van der Waals surface area contributed by atoms with E-state index in [1.165, 1.54) is 19.2 Å². The summed E-state index contributed by atoms with van der Waals surface area (Å²) in [5.74, 6) is -1.10. The second-order valence-corrected chi connectivity index (χ2v) is 3.93. The Bertz CT molecular complexity index is 368. The molecular formula is C9H7ClFIO2. The van der Waals surface area contributed by atoms with Crippen LogP contribution in [0.15, 0.2) is 12.1 Å². The average Bonchev–Trinajstić information content (AvgIpc) is 2.20. The molecule has 0 amide bonds. The number of ketones is 1. The first kappa shape index (κ1) is 11.7. The highest BCUT2D eigenvalue weighted by atomic mass is 127. The maximum Gasteiger partial charge on any atom is 0.181 e. The van der Waals surface area contributed by atoms with Crippen molar-refractivity contribution in [2.24, 2.45) is 0 Å². The maximum absolute atomic E-state index is 13.4. The van der Waals surface area contributed by atoms with Gasteiger partial charge < -0.3 is 4.74 Å². The number of benzene rings is 1. The number of carbonyl (C=O) groups is 1. The van der Waals surface area contributed by atoms with E-state index in [9.17, 15) is 9.18 Å². The van der Waals surface area contributed by atoms with E-state index in [-0.39, 0.29) is 23.0 Å². The van der Waals surface area contributed by atoms with Crippen LogP contribution in [0, 0.1) is 9.39 Å². The fourth-order valence-corrected chi connectivity index (χ4v) is 1.59. The van der Waals surface area contributed by atoms with Gasteiger partial charge in [0.15, 0.2) is 17.3 Å². The van der Waals surface area contributed by atoms with Gasteiger partial charge in [-0.3, -0.25) is 4.79 Å². The zero-order chi connectivity index (χ0) is 10.7. The maximum atomic E-state index is 13.4. The van der Waals surface area contributed by atoms with Crippen molar-refractivity contribution in [3.05, 3.63) is 27.1 Å². The molecule has 0 radical (unpaired) electrons. The highest BCUT2D eigenvalue weighted by Gasteiger charge is 2.17. The molecule has 0 aliphatic carbocycles. The minimum atomic E-state index is -0.524. The lowest BCUT2D eigenvalue weighted by Gasteiger charge is -2.08. The molecule has 1 aromatic rings. The molecule has 76 valence electrons. The summed E-state index contributed by atoms with van der Waals surface area (Å²) in [5, 5.41) is 0. The van der Waals surface area contributed by atoms with Gasteiger partial charge in [-0.1, -0.05) is 0 Å². The summed E-state index contributed by atoms with van der Waals surface area (Å²) in [4.78, 5) is 11.3. The minimum Gasteiger partial charge on any atom is -0.493 e. The number of methoxy groups -OCH3 is 1. The molecule has 2 nitrogen and oxygen atoms in total. The van der Waals surface area contributed by atoms with E-state index in [4.69, 9.17) is 16.3 Å². The molecule has 0 bridgehead atoms. The van der Waals surface area contributed by atoms with Gasteiger partial charge >= 0.3 is 0 Å². The number of rotatable bonds is 3. The fraction of sp³-hybridized carbons (Fsp3) is 0.222. The van der Waals surface area contributed by atoms with Crippen LogP contribution >= 0.6 is 34.2 Å². The minimum absolute atomic E-state index is 0.0393. The Hall–Kier alpha value is -0.360. The third kappa shape index (κ3) is 2.17. The number of Topliss-reactive ketones (excluding diaryl/α,β-unsaturated/α-hetero) is 1. The Morgan fingerprint density at radius 3 is 2.79 bits per heavy atom. The zero-order valence-electron chi connectivity index (χ0n) is 7.31. The van der Waals surface area contributed by atoms with E-state index in [0.29, 0.717) is 3.57 Å². The number of halogens is 3. The second-order valence-electron chi connectivity index (χ2n) is 2.50. The summed E-state index contributed by atoms with van der Waals surface area (Å²) >= 11 is 7.20. The number of alkyl halides is 1. The van der Waals surface area contributed by atoms with E-state index in [1.54, 1.807) is 0 Å². The Kier molecular flexibility index (Phi) is 4.12. The third-order valence-corrected chi connectivity index (χ3v) is 2.75. The average molecular weight is 329 g/mol. The van der Waals surface area contributed by atoms with Crippen molar-refractivity contribution in [1.29, 1.82) is 0 Å². The van der Waals surface area contributed by atoms with E-state index >= 15 is 0 Å². The van der Waals surface area contributed by atoms with Crippen molar-refractivity contribution >= 4 is 40.0 Å². The Labute approximate surface area is 99.5 Å². The van der Waals surface area contributed by atoms with Crippen molar-refractivity contribution < 1.29 is 13.9 Å². The van der Waals surface area contributed by atoms with Crippen molar-refractivity contribution in [1.82, 2.24) is 0 Å². The Balaban J connectivity index is 3.31. The Morgan fingerprint density at radius 2 is 2.29 bits per heavy atom. The lowest BCUT2D eigenvalue weighted by molar-refractivity contribution is 0.101. The molecule has 5 heteroatoms. The highest BCUT2D eigenvalue weighted by Crippen LogP contribution is 2.27. The molecule has 0 unspecified atom stereocenters. The first-order chi connectivity index (χ1) is 6.61. The molecule has 1 rings (SSSR count). The van der Waals surface area contributed by atoms with Crippen LogP contribution in [0.5, 0.6) is 5.75 Å². The first-order valence-corrected chi connectivity index (χ1v) is 5.34. The number of carbonyl (C=O) groups excluding carboxylic acids is 1. The summed E-state index contributed by atoms with van der Waals surface area (Å²) in [6.45, 7) is 0. The van der Waals surface area contributed by atoms with E-state index in [1.807, 2.05) is 22.6 Å². The predicted molar refractivity (Wildman–Crippen MR) is 60.7 cm³/mol.